The molecule has 6 aliphatic carbocycles. The maximum absolute atomic E-state index is 16.1. The zero-order valence-corrected chi connectivity index (χ0v) is 59.3. The van der Waals surface area contributed by atoms with E-state index < -0.39 is 238 Å². The van der Waals surface area contributed by atoms with Gasteiger partial charge in [-0.25, -0.2) is 28.8 Å². The Morgan fingerprint density at radius 3 is 0.882 bits per heavy atom. The minimum Gasteiger partial charge on any atom is -0.504 e. The Labute approximate surface area is 624 Å². The van der Waals surface area contributed by atoms with E-state index in [9.17, 15) is 90.0 Å². The molecule has 4 bridgehead atoms. The van der Waals surface area contributed by atoms with Crippen LogP contribution in [0.15, 0.2) is 157 Å². The first-order valence-electron chi connectivity index (χ1n) is 33.9. The lowest BCUT2D eigenvalue weighted by Gasteiger charge is -2.69. The predicted octanol–water partition coefficient (Wildman–Crippen LogP) is 5.52. The number of aromatic hydroxyl groups is 12. The number of esters is 8. The molecule has 1 saturated heterocycles. The van der Waals surface area contributed by atoms with E-state index in [0.717, 1.165) is 128 Å². The molecule has 1 aliphatic heterocycles. The van der Waals surface area contributed by atoms with Gasteiger partial charge in [-0.15, -0.1) is 0 Å². The molecule has 13 rings (SSSR count). The minimum atomic E-state index is -2.47. The van der Waals surface area contributed by atoms with Gasteiger partial charge < -0.3 is 118 Å². The lowest BCUT2D eigenvalue weighted by Crippen LogP contribution is -2.80. The summed E-state index contributed by atoms with van der Waals surface area (Å²) in [7, 11) is 6.35. The van der Waals surface area contributed by atoms with Crippen molar-refractivity contribution in [3.05, 3.63) is 190 Å². The summed E-state index contributed by atoms with van der Waals surface area (Å²) in [6.07, 6.45) is -5.32. The van der Waals surface area contributed by atoms with Crippen molar-refractivity contribution in [2.75, 3.05) is 42.7 Å². The van der Waals surface area contributed by atoms with Crippen molar-refractivity contribution in [1.82, 2.24) is 0 Å². The Kier molecular flexibility index (Phi) is 22.9. The molecule has 0 radical (unpaired) electrons. The van der Waals surface area contributed by atoms with Crippen LogP contribution in [-0.2, 0) is 121 Å². The molecule has 1 heterocycles. The van der Waals surface area contributed by atoms with Crippen molar-refractivity contribution < 1.29 is 156 Å². The third-order valence-electron chi connectivity index (χ3n) is 20.3. The number of allylic oxidation sites excluding steroid dienone is 2. The van der Waals surface area contributed by atoms with E-state index >= 15 is 9.59 Å². The van der Waals surface area contributed by atoms with Gasteiger partial charge in [0.1, 0.15) is 12.2 Å². The summed E-state index contributed by atoms with van der Waals surface area (Å²) in [4.78, 5) is 116. The summed E-state index contributed by atoms with van der Waals surface area (Å²) < 4.78 is 72.6. The average Bonchev–Trinajstić information content (AvgIpc) is 0.662. The number of carbonyl (C=O) groups excluding carboxylic acids is 8. The van der Waals surface area contributed by atoms with Crippen molar-refractivity contribution in [2.24, 2.45) is 35.5 Å². The highest BCUT2D eigenvalue weighted by Crippen LogP contribution is 2.69. The van der Waals surface area contributed by atoms with Gasteiger partial charge in [-0.2, -0.15) is 0 Å². The van der Waals surface area contributed by atoms with Crippen LogP contribution in [0.25, 0.3) is 0 Å². The van der Waals surface area contributed by atoms with Gasteiger partial charge in [0.05, 0.1) is 52.1 Å². The van der Waals surface area contributed by atoms with Crippen LogP contribution in [0.1, 0.15) is 45.2 Å². The first kappa shape index (κ1) is 78.5. The summed E-state index contributed by atoms with van der Waals surface area (Å²) in [5.41, 5.74) is 0.705. The number of fused-ring (bicyclic) bond motifs is 2. The van der Waals surface area contributed by atoms with Crippen molar-refractivity contribution in [1.29, 1.82) is 0 Å². The Morgan fingerprint density at radius 1 is 0.364 bits per heavy atom. The molecule has 7 aliphatic rings. The molecule has 0 amide bonds. The van der Waals surface area contributed by atoms with Crippen LogP contribution in [0.4, 0.5) is 0 Å². The molecule has 32 heteroatoms. The molecule has 16 atom stereocenters. The van der Waals surface area contributed by atoms with Gasteiger partial charge in [0.15, 0.2) is 69.0 Å². The molecule has 6 aromatic rings. The van der Waals surface area contributed by atoms with Gasteiger partial charge in [0.2, 0.25) is 36.0 Å². The number of rotatable bonds is 26. The van der Waals surface area contributed by atoms with Gasteiger partial charge in [-0.05, 0) is 117 Å². The summed E-state index contributed by atoms with van der Waals surface area (Å²) >= 11 is 0. The zero-order chi connectivity index (χ0) is 79.5. The SMILES string of the molecule is COC(=O)C(Cc1ccc(O)c(O)c1)OC(=O)/C=C/C1=C[C@H]2C3O[C@@]4(OC)C(O[C@]3(OC)[C@@H]1[C@H](C(=O)OC(Cc1ccc(O)c(O)c1)C(=O)OC)[C@H]2c1ccc(O)c(O)c1)[C@@H]1C=C(/C=C/C(=O)OC(Cc2ccc(O)c(O)c2)C(=O)OC)[C@H]4[C@H](C(=O)OC(Cc2ccc(O)c(O)c2)C(=O)OC)[C@H]1c1ccc(O)c(O)c1. The van der Waals surface area contributed by atoms with Gasteiger partial charge in [0, 0.05) is 75.7 Å². The molecule has 0 aromatic heterocycles. The summed E-state index contributed by atoms with van der Waals surface area (Å²) in [5, 5.41) is 127. The third-order valence-corrected chi connectivity index (χ3v) is 20.3. The van der Waals surface area contributed by atoms with E-state index in [4.69, 9.17) is 56.8 Å². The number of phenolic OH excluding ortho intramolecular Hbond substituents is 12. The normalized spacial score (nSPS) is 24.6. The van der Waals surface area contributed by atoms with Crippen molar-refractivity contribution in [2.45, 2.75) is 85.7 Å². The molecule has 3 fully saturated rings. The van der Waals surface area contributed by atoms with Gasteiger partial charge in [-0.3, -0.25) is 9.59 Å². The number of benzene rings is 6. The number of hydrogen-bond acceptors (Lipinski definition) is 32. The van der Waals surface area contributed by atoms with Crippen molar-refractivity contribution >= 4 is 47.8 Å². The van der Waals surface area contributed by atoms with Crippen LogP contribution in [0.3, 0.4) is 0 Å². The second-order valence-corrected chi connectivity index (χ2v) is 26.5. The number of methoxy groups -OCH3 is 6. The van der Waals surface area contributed by atoms with E-state index in [2.05, 4.69) is 0 Å². The molecule has 2 saturated carbocycles. The molecule has 580 valence electrons. The van der Waals surface area contributed by atoms with Crippen LogP contribution in [-0.4, -0.2) is 200 Å². The first-order chi connectivity index (χ1) is 52.4. The Morgan fingerprint density at radius 2 is 0.627 bits per heavy atom. The van der Waals surface area contributed by atoms with Crippen LogP contribution in [0.2, 0.25) is 0 Å². The van der Waals surface area contributed by atoms with Gasteiger partial charge >= 0.3 is 47.8 Å². The standard InChI is InChI=1S/C78H76O32/c1-99-71(93)57(27-35-7-15-45(79)51(85)23-35)105-61(91)21-13-41-31-43-63(39-11-19-49(83)55(89)33-39)65(75(97)107-59(73(95)101-3)29-37-9-17-47(81)53(87)25-37)67(41)77(103-5)69(43)110-78(104-6)68-42(14-22-62(92)106-58(72(94)100-2)28-36-8-16-46(80)52(86)24-36)32-44(70(78)109-77)64(40-12-20-50(84)56(90)34-40)66(68)76(98)108-60(74(96)102-4)30-38-10-18-48(82)54(88)26-38/h7-26,31-34,43-44,57-60,63-70,79-90H,27-30H2,1-6H3/b21-13+,22-14+/t43-,44-,57?,58?,59?,60?,63+,64+,65-,66-,67+,68+,69?,70?,77-,78-/m1/s1. The average molecular weight is 1530 g/mol. The summed E-state index contributed by atoms with van der Waals surface area (Å²) in [6.45, 7) is 0. The number of hydrogen-bond donors (Lipinski definition) is 12. The fourth-order valence-electron chi connectivity index (χ4n) is 15.4. The minimum absolute atomic E-state index is 0.0284. The van der Waals surface area contributed by atoms with E-state index in [-0.39, 0.29) is 44.5 Å². The smallest absolute Gasteiger partial charge is 0.347 e. The maximum Gasteiger partial charge on any atom is 0.347 e. The predicted molar refractivity (Wildman–Crippen MR) is 371 cm³/mol. The largest absolute Gasteiger partial charge is 0.504 e. The van der Waals surface area contributed by atoms with Crippen molar-refractivity contribution in [3.8, 4) is 69.0 Å². The second-order valence-electron chi connectivity index (χ2n) is 26.5. The number of carbonyl (C=O) groups is 8. The van der Waals surface area contributed by atoms with Crippen molar-refractivity contribution in [3.63, 3.8) is 0 Å². The molecule has 6 unspecified atom stereocenters. The maximum atomic E-state index is 16.1. The van der Waals surface area contributed by atoms with Gasteiger partial charge in [0.25, 0.3) is 0 Å². The van der Waals surface area contributed by atoms with Crippen LogP contribution in [0.5, 0.6) is 69.0 Å². The number of phenols is 12. The quantitative estimate of drug-likeness (QED) is 0.0138. The van der Waals surface area contributed by atoms with E-state index in [0.29, 0.717) is 0 Å². The zero-order valence-electron chi connectivity index (χ0n) is 59.3. The summed E-state index contributed by atoms with van der Waals surface area (Å²) in [5.74, 6) is -34.3. The van der Waals surface area contributed by atoms with Crippen LogP contribution >= 0.6 is 0 Å². The van der Waals surface area contributed by atoms with Crippen LogP contribution in [0, 0.1) is 35.5 Å². The molecule has 32 nitrogen and oxygen atoms in total. The fraction of sp³-hybridized carbons (Fsp3) is 0.333. The topological polar surface area (TPSA) is 490 Å². The number of ether oxygens (including phenoxy) is 12. The van der Waals surface area contributed by atoms with E-state index in [1.54, 1.807) is 0 Å². The first-order valence-corrected chi connectivity index (χ1v) is 33.9. The highest BCUT2D eigenvalue weighted by atomic mass is 16.8. The highest BCUT2D eigenvalue weighted by Gasteiger charge is 2.78. The van der Waals surface area contributed by atoms with E-state index in [1.165, 1.54) is 60.7 Å². The third kappa shape index (κ3) is 15.4. The Hall–Kier alpha value is -12.5. The lowest BCUT2D eigenvalue weighted by atomic mass is 9.50. The monoisotopic (exact) mass is 1520 g/mol. The van der Waals surface area contributed by atoms with E-state index in [1.807, 2.05) is 0 Å². The lowest BCUT2D eigenvalue weighted by molar-refractivity contribution is -0.482. The Bertz CT molecular complexity index is 4440. The molecule has 0 spiro atoms. The van der Waals surface area contributed by atoms with Crippen LogP contribution < -0.4 is 0 Å². The fourth-order valence-corrected chi connectivity index (χ4v) is 15.4. The molecular formula is C78H76O32. The van der Waals surface area contributed by atoms with Gasteiger partial charge in [-0.1, -0.05) is 60.7 Å². The summed E-state index contributed by atoms with van der Waals surface area (Å²) in [6, 6.07) is 21.3. The highest BCUT2D eigenvalue weighted by molar-refractivity contribution is 5.89. The second kappa shape index (κ2) is 32.1. The Balaban J connectivity index is 1.11. The molecular weight excluding hydrogens is 1450 g/mol. The molecule has 6 aromatic carbocycles. The molecule has 12 N–H and O–H groups in total. The molecule has 110 heavy (non-hydrogen) atoms.